The molecule has 0 saturated heterocycles. The molecule has 0 aromatic heterocycles. The summed E-state index contributed by atoms with van der Waals surface area (Å²) in [4.78, 5) is 11.4. The highest BCUT2D eigenvalue weighted by atomic mass is 32.2. The lowest BCUT2D eigenvalue weighted by atomic mass is 10.2. The van der Waals surface area contributed by atoms with Crippen LogP contribution in [0, 0.1) is 5.82 Å². The normalized spacial score (nSPS) is 11.1. The van der Waals surface area contributed by atoms with Gasteiger partial charge in [-0.1, -0.05) is 12.1 Å². The largest absolute Gasteiger partial charge is 0.465 e. The Bertz CT molecular complexity index is 786. The van der Waals surface area contributed by atoms with Crippen LogP contribution in [0.5, 0.6) is 0 Å². The lowest BCUT2D eigenvalue weighted by molar-refractivity contribution is 0.0600. The van der Waals surface area contributed by atoms with E-state index in [0.29, 0.717) is 16.8 Å². The highest BCUT2D eigenvalue weighted by Gasteiger charge is 2.18. The first kappa shape index (κ1) is 17.0. The predicted octanol–water partition coefficient (Wildman–Crippen LogP) is 2.58. The summed E-state index contributed by atoms with van der Waals surface area (Å²) in [5.41, 5.74) is 1.38. The van der Waals surface area contributed by atoms with Gasteiger partial charge in [-0.05, 0) is 42.0 Å². The van der Waals surface area contributed by atoms with Crippen LogP contribution in [0.4, 0.5) is 10.1 Å². The van der Waals surface area contributed by atoms with Crippen molar-refractivity contribution in [3.63, 3.8) is 0 Å². The number of nitrogens with zero attached hydrogens (tertiary/aromatic N) is 1. The maximum Gasteiger partial charge on any atom is 0.337 e. The van der Waals surface area contributed by atoms with Gasteiger partial charge in [0, 0.05) is 0 Å². The molecule has 0 aliphatic rings. The van der Waals surface area contributed by atoms with Gasteiger partial charge in [0.15, 0.2) is 0 Å². The fourth-order valence-electron chi connectivity index (χ4n) is 2.04. The van der Waals surface area contributed by atoms with Gasteiger partial charge in [-0.15, -0.1) is 0 Å². The summed E-state index contributed by atoms with van der Waals surface area (Å²) in [5, 5.41) is 0. The molecule has 0 fully saturated rings. The molecule has 0 radical (unpaired) electrons. The lowest BCUT2D eigenvalue weighted by Crippen LogP contribution is -2.29. The molecule has 0 N–H and O–H groups in total. The summed E-state index contributed by atoms with van der Waals surface area (Å²) in [6.07, 6.45) is 1.09. The number of rotatable bonds is 5. The van der Waals surface area contributed by atoms with E-state index in [1.165, 1.54) is 59.9 Å². The molecule has 0 aliphatic heterocycles. The van der Waals surface area contributed by atoms with Crippen molar-refractivity contribution in [1.29, 1.82) is 0 Å². The van der Waals surface area contributed by atoms with E-state index >= 15 is 0 Å². The van der Waals surface area contributed by atoms with Gasteiger partial charge in [0.25, 0.3) is 0 Å². The van der Waals surface area contributed by atoms with Crippen molar-refractivity contribution >= 4 is 21.7 Å². The van der Waals surface area contributed by atoms with E-state index in [-0.39, 0.29) is 12.4 Å². The lowest BCUT2D eigenvalue weighted by Gasteiger charge is -2.22. The minimum atomic E-state index is -3.54. The average molecular weight is 337 g/mol. The van der Waals surface area contributed by atoms with Crippen molar-refractivity contribution in [2.75, 3.05) is 17.7 Å². The Morgan fingerprint density at radius 3 is 2.13 bits per heavy atom. The number of hydrogen-bond acceptors (Lipinski definition) is 4. The van der Waals surface area contributed by atoms with E-state index in [1.807, 2.05) is 0 Å². The van der Waals surface area contributed by atoms with Crippen LogP contribution >= 0.6 is 0 Å². The number of hydrogen-bond donors (Lipinski definition) is 0. The smallest absolute Gasteiger partial charge is 0.337 e. The monoisotopic (exact) mass is 337 g/mol. The molecule has 0 spiro atoms. The van der Waals surface area contributed by atoms with E-state index in [1.54, 1.807) is 0 Å². The number of halogens is 1. The van der Waals surface area contributed by atoms with Gasteiger partial charge in [-0.25, -0.2) is 17.6 Å². The summed E-state index contributed by atoms with van der Waals surface area (Å²) in [6, 6.07) is 11.6. The van der Waals surface area contributed by atoms with Crippen LogP contribution in [-0.4, -0.2) is 27.8 Å². The minimum absolute atomic E-state index is 0.0662. The molecule has 0 heterocycles. The SMILES string of the molecule is COC(=O)c1ccc(N(Cc2ccc(F)cc2)S(C)(=O)=O)cc1. The molecule has 23 heavy (non-hydrogen) atoms. The number of sulfonamides is 1. The predicted molar refractivity (Wildman–Crippen MR) is 85.2 cm³/mol. The second kappa shape index (κ2) is 6.78. The topological polar surface area (TPSA) is 63.7 Å². The van der Waals surface area contributed by atoms with Crippen LogP contribution < -0.4 is 4.31 Å². The van der Waals surface area contributed by atoms with Gasteiger partial charge in [0.05, 0.1) is 31.2 Å². The zero-order valence-electron chi connectivity index (χ0n) is 12.7. The highest BCUT2D eigenvalue weighted by Crippen LogP contribution is 2.21. The van der Waals surface area contributed by atoms with Gasteiger partial charge in [0.2, 0.25) is 10.0 Å². The van der Waals surface area contributed by atoms with Crippen LogP contribution in [0.1, 0.15) is 15.9 Å². The molecule has 0 bridgehead atoms. The van der Waals surface area contributed by atoms with E-state index in [9.17, 15) is 17.6 Å². The maximum absolute atomic E-state index is 13.0. The van der Waals surface area contributed by atoms with Gasteiger partial charge >= 0.3 is 5.97 Å². The molecule has 5 nitrogen and oxygen atoms in total. The first-order chi connectivity index (χ1) is 10.8. The molecule has 0 atom stereocenters. The molecule has 7 heteroatoms. The number of benzene rings is 2. The van der Waals surface area contributed by atoms with Crippen LogP contribution in [-0.2, 0) is 21.3 Å². The molecule has 2 rings (SSSR count). The molecule has 0 aliphatic carbocycles. The second-order valence-corrected chi connectivity index (χ2v) is 6.84. The number of esters is 1. The molecular formula is C16H16FNO4S. The third-order valence-electron chi connectivity index (χ3n) is 3.22. The zero-order valence-corrected chi connectivity index (χ0v) is 13.5. The molecule has 0 unspecified atom stereocenters. The van der Waals surface area contributed by atoms with Crippen LogP contribution in [0.15, 0.2) is 48.5 Å². The van der Waals surface area contributed by atoms with Gasteiger partial charge in [-0.3, -0.25) is 4.31 Å². The fourth-order valence-corrected chi connectivity index (χ4v) is 2.93. The molecule has 0 saturated carbocycles. The number of ether oxygens (including phenoxy) is 1. The summed E-state index contributed by atoms with van der Waals surface area (Å²) in [6.45, 7) is 0.0662. The van der Waals surface area contributed by atoms with E-state index < -0.39 is 16.0 Å². The number of anilines is 1. The summed E-state index contributed by atoms with van der Waals surface area (Å²) in [5.74, 6) is -0.886. The first-order valence-electron chi connectivity index (χ1n) is 6.72. The van der Waals surface area contributed by atoms with Crippen molar-refractivity contribution in [3.05, 3.63) is 65.5 Å². The van der Waals surface area contributed by atoms with Gasteiger partial charge in [-0.2, -0.15) is 0 Å². The summed E-state index contributed by atoms with van der Waals surface area (Å²) < 4.78 is 42.8. The molecule has 2 aromatic rings. The van der Waals surface area contributed by atoms with E-state index in [4.69, 9.17) is 0 Å². The molecular weight excluding hydrogens is 321 g/mol. The molecule has 0 amide bonds. The van der Waals surface area contributed by atoms with Crippen LogP contribution in [0.2, 0.25) is 0 Å². The van der Waals surface area contributed by atoms with Crippen molar-refractivity contribution in [1.82, 2.24) is 0 Å². The summed E-state index contributed by atoms with van der Waals surface area (Å²) in [7, 11) is -2.27. The standard InChI is InChI=1S/C16H16FNO4S/c1-22-16(19)13-5-9-15(10-6-13)18(23(2,20)21)11-12-3-7-14(17)8-4-12/h3-10H,11H2,1-2H3. The Hall–Kier alpha value is -2.41. The third-order valence-corrected chi connectivity index (χ3v) is 4.36. The Morgan fingerprint density at radius 2 is 1.65 bits per heavy atom. The van der Waals surface area contributed by atoms with Crippen molar-refractivity contribution in [2.45, 2.75) is 6.54 Å². The van der Waals surface area contributed by atoms with E-state index in [2.05, 4.69) is 4.74 Å². The quantitative estimate of drug-likeness (QED) is 0.787. The Morgan fingerprint density at radius 1 is 1.09 bits per heavy atom. The van der Waals surface area contributed by atoms with Gasteiger partial charge in [0.1, 0.15) is 5.82 Å². The Labute approximate surface area is 134 Å². The van der Waals surface area contributed by atoms with Crippen molar-refractivity contribution < 1.29 is 22.3 Å². The van der Waals surface area contributed by atoms with Crippen molar-refractivity contribution in [3.8, 4) is 0 Å². The van der Waals surface area contributed by atoms with Crippen LogP contribution in [0.25, 0.3) is 0 Å². The third kappa shape index (κ3) is 4.29. The average Bonchev–Trinajstić information content (AvgIpc) is 2.52. The number of methoxy groups -OCH3 is 1. The van der Waals surface area contributed by atoms with Crippen LogP contribution in [0.3, 0.4) is 0 Å². The number of carbonyl (C=O) groups excluding carboxylic acids is 1. The highest BCUT2D eigenvalue weighted by molar-refractivity contribution is 7.92. The van der Waals surface area contributed by atoms with Crippen molar-refractivity contribution in [2.24, 2.45) is 0 Å². The molecule has 122 valence electrons. The Kier molecular flexibility index (Phi) is 5.00. The second-order valence-electron chi connectivity index (χ2n) is 4.93. The van der Waals surface area contributed by atoms with E-state index in [0.717, 1.165) is 6.26 Å². The Balaban J connectivity index is 2.32. The maximum atomic E-state index is 13.0. The molecule has 2 aromatic carbocycles. The summed E-state index contributed by atoms with van der Waals surface area (Å²) >= 11 is 0. The fraction of sp³-hybridized carbons (Fsp3) is 0.188. The van der Waals surface area contributed by atoms with Gasteiger partial charge < -0.3 is 4.74 Å². The minimum Gasteiger partial charge on any atom is -0.465 e. The zero-order chi connectivity index (χ0) is 17.0. The number of carbonyl (C=O) groups is 1. The first-order valence-corrected chi connectivity index (χ1v) is 8.56.